The van der Waals surface area contributed by atoms with E-state index in [1.165, 1.54) is 32.1 Å². The molecule has 1 saturated carbocycles. The number of anilines is 1. The predicted octanol–water partition coefficient (Wildman–Crippen LogP) is 3.29. The fourth-order valence-corrected chi connectivity index (χ4v) is 4.61. The van der Waals surface area contributed by atoms with Crippen molar-refractivity contribution in [2.45, 2.75) is 58.8 Å². The van der Waals surface area contributed by atoms with Crippen molar-refractivity contribution in [2.75, 3.05) is 31.1 Å². The Bertz CT molecular complexity index is 816. The number of carbonyl (C=O) groups excluding carboxylic acids is 1. The van der Waals surface area contributed by atoms with Crippen LogP contribution in [0.15, 0.2) is 18.2 Å². The van der Waals surface area contributed by atoms with Crippen molar-refractivity contribution < 1.29 is 4.79 Å². The number of aryl methyl sites for hydroxylation is 2. The molecule has 2 aromatic heterocycles. The van der Waals surface area contributed by atoms with Crippen LogP contribution < -0.4 is 4.90 Å². The van der Waals surface area contributed by atoms with Crippen LogP contribution in [0.5, 0.6) is 0 Å². The molecule has 0 atom stereocenters. The van der Waals surface area contributed by atoms with Crippen molar-refractivity contribution in [1.82, 2.24) is 24.9 Å². The molecule has 29 heavy (non-hydrogen) atoms. The van der Waals surface area contributed by atoms with E-state index in [-0.39, 0.29) is 0 Å². The van der Waals surface area contributed by atoms with E-state index in [9.17, 15) is 4.79 Å². The maximum atomic E-state index is 12.6. The molecule has 1 saturated heterocycles. The highest BCUT2D eigenvalue weighted by Crippen LogP contribution is 2.27. The van der Waals surface area contributed by atoms with Crippen LogP contribution in [-0.2, 0) is 4.79 Å². The molecule has 2 aromatic rings. The molecule has 7 nitrogen and oxygen atoms in total. The second kappa shape index (κ2) is 8.93. The zero-order valence-electron chi connectivity index (χ0n) is 17.7. The lowest BCUT2D eigenvalue weighted by Crippen LogP contribution is -2.49. The molecule has 4 rings (SSSR count). The van der Waals surface area contributed by atoms with Crippen molar-refractivity contribution in [3.8, 4) is 5.82 Å². The number of amides is 1. The Morgan fingerprint density at radius 3 is 2.31 bits per heavy atom. The van der Waals surface area contributed by atoms with Crippen LogP contribution in [0.1, 0.15) is 56.3 Å². The van der Waals surface area contributed by atoms with E-state index >= 15 is 0 Å². The molecule has 1 amide bonds. The van der Waals surface area contributed by atoms with E-state index in [1.807, 2.05) is 41.6 Å². The second-order valence-electron chi connectivity index (χ2n) is 8.50. The standard InChI is InChI=1S/C22H32N6O/c1-17-16-18(2)28(25-17)21-10-9-20(23-24-21)26-12-14-27(15-13-26)22(29)11-8-19-6-4-3-5-7-19/h9-10,16,19H,3-8,11-15H2,1-2H3. The van der Waals surface area contributed by atoms with Gasteiger partial charge in [0.1, 0.15) is 0 Å². The van der Waals surface area contributed by atoms with Crippen molar-refractivity contribution in [3.05, 3.63) is 29.6 Å². The number of piperazine rings is 1. The van der Waals surface area contributed by atoms with E-state index in [0.29, 0.717) is 12.3 Å². The summed E-state index contributed by atoms with van der Waals surface area (Å²) in [6.07, 6.45) is 8.46. The third-order valence-electron chi connectivity index (χ3n) is 6.31. The van der Waals surface area contributed by atoms with Gasteiger partial charge in [-0.3, -0.25) is 4.79 Å². The van der Waals surface area contributed by atoms with Gasteiger partial charge in [-0.25, -0.2) is 4.68 Å². The molecule has 0 radical (unpaired) electrons. The quantitative estimate of drug-likeness (QED) is 0.776. The Labute approximate surface area is 173 Å². The first-order valence-corrected chi connectivity index (χ1v) is 11.0. The largest absolute Gasteiger partial charge is 0.352 e. The summed E-state index contributed by atoms with van der Waals surface area (Å²) in [7, 11) is 0. The highest BCUT2D eigenvalue weighted by atomic mass is 16.2. The summed E-state index contributed by atoms with van der Waals surface area (Å²) >= 11 is 0. The van der Waals surface area contributed by atoms with Gasteiger partial charge >= 0.3 is 0 Å². The van der Waals surface area contributed by atoms with Crippen LogP contribution in [0, 0.1) is 19.8 Å². The van der Waals surface area contributed by atoms with Gasteiger partial charge in [0.2, 0.25) is 5.91 Å². The number of rotatable bonds is 5. The van der Waals surface area contributed by atoms with Crippen LogP contribution in [0.2, 0.25) is 0 Å². The molecule has 156 valence electrons. The Morgan fingerprint density at radius 2 is 1.69 bits per heavy atom. The Balaban J connectivity index is 1.28. The lowest BCUT2D eigenvalue weighted by Gasteiger charge is -2.35. The van der Waals surface area contributed by atoms with E-state index in [1.54, 1.807) is 0 Å². The van der Waals surface area contributed by atoms with Gasteiger partial charge in [0.15, 0.2) is 11.6 Å². The van der Waals surface area contributed by atoms with Crippen molar-refractivity contribution in [2.24, 2.45) is 5.92 Å². The Hall–Kier alpha value is -2.44. The second-order valence-corrected chi connectivity index (χ2v) is 8.50. The molecule has 7 heteroatoms. The molecule has 0 spiro atoms. The summed E-state index contributed by atoms with van der Waals surface area (Å²) in [6, 6.07) is 5.99. The monoisotopic (exact) mass is 396 g/mol. The van der Waals surface area contributed by atoms with E-state index in [2.05, 4.69) is 20.2 Å². The van der Waals surface area contributed by atoms with Crippen molar-refractivity contribution in [3.63, 3.8) is 0 Å². The van der Waals surface area contributed by atoms with Crippen LogP contribution in [-0.4, -0.2) is 57.0 Å². The number of carbonyl (C=O) groups is 1. The van der Waals surface area contributed by atoms with Gasteiger partial charge in [0.25, 0.3) is 0 Å². The fraction of sp³-hybridized carbons (Fsp3) is 0.636. The minimum absolute atomic E-state index is 0.321. The first-order chi connectivity index (χ1) is 14.1. The van der Waals surface area contributed by atoms with Gasteiger partial charge in [-0.05, 0) is 44.4 Å². The minimum atomic E-state index is 0.321. The van der Waals surface area contributed by atoms with Crippen LogP contribution in [0.4, 0.5) is 5.82 Å². The normalized spacial score (nSPS) is 18.3. The molecule has 1 aliphatic carbocycles. The SMILES string of the molecule is Cc1cc(C)n(-c2ccc(N3CCN(C(=O)CCC4CCCCC4)CC3)nn2)n1. The minimum Gasteiger partial charge on any atom is -0.352 e. The molecule has 2 fully saturated rings. The topological polar surface area (TPSA) is 67.2 Å². The summed E-state index contributed by atoms with van der Waals surface area (Å²) in [4.78, 5) is 16.8. The highest BCUT2D eigenvalue weighted by molar-refractivity contribution is 5.76. The van der Waals surface area contributed by atoms with Crippen molar-refractivity contribution >= 4 is 11.7 Å². The smallest absolute Gasteiger partial charge is 0.222 e. The summed E-state index contributed by atoms with van der Waals surface area (Å²) < 4.78 is 1.81. The summed E-state index contributed by atoms with van der Waals surface area (Å²) in [5.41, 5.74) is 2.02. The Morgan fingerprint density at radius 1 is 1.00 bits per heavy atom. The Kier molecular flexibility index (Phi) is 6.11. The third-order valence-corrected chi connectivity index (χ3v) is 6.31. The zero-order chi connectivity index (χ0) is 20.2. The maximum absolute atomic E-state index is 12.6. The molecule has 3 heterocycles. The molecule has 2 aliphatic rings. The summed E-state index contributed by atoms with van der Waals surface area (Å²) in [5, 5.41) is 13.2. The zero-order valence-corrected chi connectivity index (χ0v) is 17.7. The lowest BCUT2D eigenvalue weighted by atomic mass is 9.86. The number of hydrogen-bond acceptors (Lipinski definition) is 5. The fourth-order valence-electron chi connectivity index (χ4n) is 4.61. The number of nitrogens with zero attached hydrogens (tertiary/aromatic N) is 6. The molecular formula is C22H32N6O. The van der Waals surface area contributed by atoms with Gasteiger partial charge < -0.3 is 9.80 Å². The third kappa shape index (κ3) is 4.77. The first kappa shape index (κ1) is 19.9. The van der Waals surface area contributed by atoms with Gasteiger partial charge in [0, 0.05) is 38.3 Å². The molecule has 0 aromatic carbocycles. The highest BCUT2D eigenvalue weighted by Gasteiger charge is 2.23. The van der Waals surface area contributed by atoms with Gasteiger partial charge in [0.05, 0.1) is 5.69 Å². The number of aromatic nitrogens is 4. The average molecular weight is 397 g/mol. The molecule has 0 bridgehead atoms. The average Bonchev–Trinajstić information content (AvgIpc) is 3.11. The van der Waals surface area contributed by atoms with E-state index < -0.39 is 0 Å². The van der Waals surface area contributed by atoms with Gasteiger partial charge in [-0.15, -0.1) is 10.2 Å². The van der Waals surface area contributed by atoms with Gasteiger partial charge in [-0.2, -0.15) is 5.10 Å². The van der Waals surface area contributed by atoms with Crippen LogP contribution >= 0.6 is 0 Å². The van der Waals surface area contributed by atoms with Crippen LogP contribution in [0.3, 0.4) is 0 Å². The predicted molar refractivity (Wildman–Crippen MR) is 113 cm³/mol. The maximum Gasteiger partial charge on any atom is 0.222 e. The first-order valence-electron chi connectivity index (χ1n) is 11.0. The van der Waals surface area contributed by atoms with Crippen LogP contribution in [0.25, 0.3) is 5.82 Å². The summed E-state index contributed by atoms with van der Waals surface area (Å²) in [5.74, 6) is 2.69. The summed E-state index contributed by atoms with van der Waals surface area (Å²) in [6.45, 7) is 7.14. The van der Waals surface area contributed by atoms with Crippen molar-refractivity contribution in [1.29, 1.82) is 0 Å². The van der Waals surface area contributed by atoms with E-state index in [4.69, 9.17) is 0 Å². The molecule has 0 unspecified atom stereocenters. The lowest BCUT2D eigenvalue weighted by molar-refractivity contribution is -0.131. The molecule has 0 N–H and O–H groups in total. The molecule has 1 aliphatic heterocycles. The molecular weight excluding hydrogens is 364 g/mol. The van der Waals surface area contributed by atoms with Gasteiger partial charge in [-0.1, -0.05) is 32.1 Å². The number of hydrogen-bond donors (Lipinski definition) is 0. The van der Waals surface area contributed by atoms with E-state index in [0.717, 1.165) is 61.5 Å².